The minimum absolute atomic E-state index is 0.0467. The fraction of sp³-hybridized carbons (Fsp3) is 0.381. The van der Waals surface area contributed by atoms with E-state index in [-0.39, 0.29) is 24.4 Å². The molecule has 3 aromatic rings. The van der Waals surface area contributed by atoms with Crippen LogP contribution in [0.15, 0.2) is 36.7 Å². The van der Waals surface area contributed by atoms with E-state index >= 15 is 0 Å². The second-order valence-electron chi connectivity index (χ2n) is 8.27. The Bertz CT molecular complexity index is 1110. The van der Waals surface area contributed by atoms with Gasteiger partial charge in [-0.15, -0.1) is 0 Å². The molecule has 1 fully saturated rings. The van der Waals surface area contributed by atoms with E-state index in [1.54, 1.807) is 16.8 Å². The number of anilines is 2. The van der Waals surface area contributed by atoms with Gasteiger partial charge < -0.3 is 15.0 Å². The molecule has 5 rings (SSSR count). The lowest BCUT2D eigenvalue weighted by atomic mass is 9.93. The maximum Gasteiger partial charge on any atom is 0.233 e. The molecule has 1 saturated heterocycles. The van der Waals surface area contributed by atoms with Gasteiger partial charge in [0.1, 0.15) is 29.7 Å². The Morgan fingerprint density at radius 3 is 3.03 bits per heavy atom. The van der Waals surface area contributed by atoms with Crippen LogP contribution in [0.1, 0.15) is 38.3 Å². The quantitative estimate of drug-likeness (QED) is 0.630. The van der Waals surface area contributed by atoms with Crippen molar-refractivity contribution in [3.05, 3.63) is 48.0 Å². The predicted octanol–water partition coefficient (Wildman–Crippen LogP) is 3.57. The molecule has 4 heterocycles. The first-order valence-corrected chi connectivity index (χ1v) is 9.77. The highest BCUT2D eigenvalue weighted by Gasteiger charge is 2.34. The van der Waals surface area contributed by atoms with E-state index in [2.05, 4.69) is 15.3 Å². The highest BCUT2D eigenvalue weighted by Crippen LogP contribution is 2.40. The second kappa shape index (κ2) is 6.43. The third kappa shape index (κ3) is 2.99. The molecule has 1 N–H and O–H groups in total. The summed E-state index contributed by atoms with van der Waals surface area (Å²) in [5.74, 6) is 0.877. The Morgan fingerprint density at radius 2 is 2.17 bits per heavy atom. The van der Waals surface area contributed by atoms with Crippen LogP contribution in [-0.2, 0) is 4.79 Å². The molecule has 7 nitrogen and oxygen atoms in total. The number of carbonyl (C=O) groups is 1. The number of hydrogen-bond acceptors (Lipinski definition) is 5. The number of carbonyl (C=O) groups excluding carboxylic acids is 1. The predicted molar refractivity (Wildman–Crippen MR) is 107 cm³/mol. The van der Waals surface area contributed by atoms with Crippen molar-refractivity contribution in [1.29, 1.82) is 0 Å². The van der Waals surface area contributed by atoms with Gasteiger partial charge in [-0.25, -0.2) is 13.9 Å². The Labute approximate surface area is 167 Å². The van der Waals surface area contributed by atoms with Crippen LogP contribution in [0.4, 0.5) is 15.9 Å². The summed E-state index contributed by atoms with van der Waals surface area (Å²) in [5, 5.41) is 7.22. The Balaban J connectivity index is 1.70. The average Bonchev–Trinajstić information content (AvgIpc) is 3.33. The van der Waals surface area contributed by atoms with E-state index in [1.165, 1.54) is 12.1 Å². The summed E-state index contributed by atoms with van der Waals surface area (Å²) < 4.78 is 21.9. The van der Waals surface area contributed by atoms with Gasteiger partial charge in [-0.3, -0.25) is 4.79 Å². The van der Waals surface area contributed by atoms with Gasteiger partial charge in [0.2, 0.25) is 5.91 Å². The zero-order valence-corrected chi connectivity index (χ0v) is 16.4. The molecule has 150 valence electrons. The summed E-state index contributed by atoms with van der Waals surface area (Å²) in [6, 6.07) is 6.43. The fourth-order valence-corrected chi connectivity index (χ4v) is 4.00. The molecule has 2 bridgehead atoms. The first-order valence-electron chi connectivity index (χ1n) is 9.77. The third-order valence-electron chi connectivity index (χ3n) is 5.68. The van der Waals surface area contributed by atoms with Gasteiger partial charge in [0.05, 0.1) is 17.7 Å². The van der Waals surface area contributed by atoms with Crippen molar-refractivity contribution >= 4 is 23.1 Å². The van der Waals surface area contributed by atoms with Crippen molar-refractivity contribution in [2.75, 3.05) is 23.4 Å². The van der Waals surface area contributed by atoms with Crippen LogP contribution in [0.3, 0.4) is 0 Å². The maximum atomic E-state index is 14.1. The van der Waals surface area contributed by atoms with Gasteiger partial charge in [-0.05, 0) is 51.0 Å². The minimum Gasteiger partial charge on any atom is -0.492 e. The molecular weight excluding hydrogens is 373 g/mol. The van der Waals surface area contributed by atoms with Crippen molar-refractivity contribution in [2.45, 2.75) is 32.7 Å². The number of benzene rings is 1. The van der Waals surface area contributed by atoms with Crippen molar-refractivity contribution in [3.63, 3.8) is 0 Å². The number of amides is 1. The fourth-order valence-electron chi connectivity index (χ4n) is 4.00. The Morgan fingerprint density at radius 1 is 1.31 bits per heavy atom. The number of ether oxygens (including phenoxy) is 1. The molecule has 1 atom stereocenters. The van der Waals surface area contributed by atoms with E-state index in [4.69, 9.17) is 9.72 Å². The van der Waals surface area contributed by atoms with Crippen molar-refractivity contribution in [2.24, 2.45) is 5.41 Å². The van der Waals surface area contributed by atoms with Crippen molar-refractivity contribution in [1.82, 2.24) is 14.6 Å². The van der Waals surface area contributed by atoms with Crippen LogP contribution in [0.25, 0.3) is 5.65 Å². The summed E-state index contributed by atoms with van der Waals surface area (Å²) in [5.41, 5.74) is 1.12. The molecule has 0 spiro atoms. The lowest BCUT2D eigenvalue weighted by Crippen LogP contribution is -2.36. The number of aromatic nitrogens is 3. The normalized spacial score (nSPS) is 20.9. The maximum absolute atomic E-state index is 14.1. The molecule has 2 aliphatic heterocycles. The number of nitrogens with zero attached hydrogens (tertiary/aromatic N) is 4. The number of halogens is 1. The number of hydrogen-bond donors (Lipinski definition) is 1. The summed E-state index contributed by atoms with van der Waals surface area (Å²) >= 11 is 0. The zero-order chi connectivity index (χ0) is 20.2. The first kappa shape index (κ1) is 17.9. The standard InChI is InChI=1S/C21H22FN5O2/c1-21(2)12-29-17-6-5-13(22)10-14(17)16-4-3-8-26(16)18-7-9-27-19(25-18)15(11-23-27)24-20(21)28/h5-7,9-11,16H,3-4,8,12H2,1-2H3,(H,24,28). The van der Waals surface area contributed by atoms with E-state index in [1.807, 2.05) is 26.1 Å². The highest BCUT2D eigenvalue weighted by molar-refractivity contribution is 5.97. The molecule has 0 radical (unpaired) electrons. The Hall–Kier alpha value is -3.16. The molecule has 1 aromatic carbocycles. The van der Waals surface area contributed by atoms with Gasteiger partial charge >= 0.3 is 0 Å². The van der Waals surface area contributed by atoms with Crippen LogP contribution in [0.5, 0.6) is 5.75 Å². The molecule has 2 aliphatic rings. The lowest BCUT2D eigenvalue weighted by molar-refractivity contribution is -0.125. The first-order chi connectivity index (χ1) is 13.9. The number of rotatable bonds is 0. The topological polar surface area (TPSA) is 71.8 Å². The van der Waals surface area contributed by atoms with E-state index in [9.17, 15) is 9.18 Å². The van der Waals surface area contributed by atoms with Crippen LogP contribution < -0.4 is 15.0 Å². The summed E-state index contributed by atoms with van der Waals surface area (Å²) in [7, 11) is 0. The minimum atomic E-state index is -0.805. The van der Waals surface area contributed by atoms with Gasteiger partial charge in [0.25, 0.3) is 0 Å². The molecule has 1 amide bonds. The van der Waals surface area contributed by atoms with Crippen LogP contribution in [-0.4, -0.2) is 33.7 Å². The summed E-state index contributed by atoms with van der Waals surface area (Å²) in [4.78, 5) is 19.9. The average molecular weight is 395 g/mol. The SMILES string of the molecule is CC1(C)COc2ccc(F)cc2C2CCCN2c2ccn3ncc(c3n2)NC1=O. The molecule has 8 heteroatoms. The highest BCUT2D eigenvalue weighted by atomic mass is 19.1. The molecule has 0 aliphatic carbocycles. The van der Waals surface area contributed by atoms with Crippen LogP contribution in [0.2, 0.25) is 0 Å². The largest absolute Gasteiger partial charge is 0.492 e. The van der Waals surface area contributed by atoms with E-state index in [0.29, 0.717) is 17.1 Å². The van der Waals surface area contributed by atoms with Crippen molar-refractivity contribution < 1.29 is 13.9 Å². The van der Waals surface area contributed by atoms with Crippen LogP contribution >= 0.6 is 0 Å². The molecule has 1 unspecified atom stereocenters. The Kier molecular flexibility index (Phi) is 3.97. The second-order valence-corrected chi connectivity index (χ2v) is 8.27. The zero-order valence-electron chi connectivity index (χ0n) is 16.4. The number of nitrogens with one attached hydrogen (secondary N) is 1. The third-order valence-corrected chi connectivity index (χ3v) is 5.68. The van der Waals surface area contributed by atoms with Gasteiger partial charge in [0.15, 0.2) is 5.65 Å². The van der Waals surface area contributed by atoms with E-state index in [0.717, 1.165) is 30.8 Å². The smallest absolute Gasteiger partial charge is 0.233 e. The van der Waals surface area contributed by atoms with E-state index < -0.39 is 5.41 Å². The van der Waals surface area contributed by atoms with Crippen LogP contribution in [0, 0.1) is 11.2 Å². The van der Waals surface area contributed by atoms with Gasteiger partial charge in [-0.2, -0.15) is 5.10 Å². The molecule has 0 saturated carbocycles. The molecular formula is C21H22FN5O2. The summed E-state index contributed by atoms with van der Waals surface area (Å²) in [6.45, 7) is 4.61. The molecule has 29 heavy (non-hydrogen) atoms. The lowest BCUT2D eigenvalue weighted by Gasteiger charge is -2.28. The van der Waals surface area contributed by atoms with Gasteiger partial charge in [-0.1, -0.05) is 0 Å². The van der Waals surface area contributed by atoms with Gasteiger partial charge in [0, 0.05) is 18.3 Å². The summed E-state index contributed by atoms with van der Waals surface area (Å²) in [6.07, 6.45) is 5.28. The number of fused-ring (bicyclic) bond motifs is 5. The van der Waals surface area contributed by atoms with Crippen molar-refractivity contribution in [3.8, 4) is 5.75 Å². The molecule has 2 aromatic heterocycles. The monoisotopic (exact) mass is 395 g/mol.